The zero-order chi connectivity index (χ0) is 83.9. The van der Waals surface area contributed by atoms with Crippen molar-refractivity contribution in [3.8, 4) is 72.4 Å². The highest BCUT2D eigenvalue weighted by molar-refractivity contribution is 7.00. The van der Waals surface area contributed by atoms with E-state index in [-0.39, 0.29) is 68.4 Å². The quantitative estimate of drug-likeness (QED) is 0.135. The van der Waals surface area contributed by atoms with E-state index in [2.05, 4.69) is 286 Å². The second-order valence-electron chi connectivity index (χ2n) is 33.7. The summed E-state index contributed by atoms with van der Waals surface area (Å²) < 4.78 is 89.2. The number of fused-ring (bicyclic) bond motifs is 19. The predicted octanol–water partition coefficient (Wildman–Crippen LogP) is 28.4. The van der Waals surface area contributed by atoms with E-state index in [1.165, 1.54) is 27.4 Å². The Morgan fingerprint density at radius 3 is 1.42 bits per heavy atom. The summed E-state index contributed by atoms with van der Waals surface area (Å²) in [7, 11) is 0. The molecule has 552 valence electrons. The summed E-state index contributed by atoms with van der Waals surface area (Å²) in [5.41, 5.74) is 27.5. The molecule has 0 saturated carbocycles. The summed E-state index contributed by atoms with van der Waals surface area (Å²) in [4.78, 5) is 5.02. The Morgan fingerprint density at radius 1 is 0.299 bits per heavy atom. The van der Waals surface area contributed by atoms with E-state index in [1.807, 2.05) is 84.9 Å². The van der Waals surface area contributed by atoms with Crippen LogP contribution in [-0.2, 0) is 10.8 Å². The van der Waals surface area contributed by atoms with E-state index in [1.54, 1.807) is 4.57 Å². The Morgan fingerprint density at radius 2 is 0.778 bits per heavy atom. The van der Waals surface area contributed by atoms with Crippen LogP contribution < -0.4 is 26.2 Å². The van der Waals surface area contributed by atoms with Gasteiger partial charge in [-0.15, -0.1) is 0 Å². The number of nitrogens with zero attached hydrogens (tertiary/aromatic N) is 4. The van der Waals surface area contributed by atoms with Crippen LogP contribution in [0.4, 0.5) is 34.1 Å². The first kappa shape index (κ1) is 60.2. The average molecular weight is 1500 g/mol. The lowest BCUT2D eigenvalue weighted by molar-refractivity contribution is 0.569. The van der Waals surface area contributed by atoms with Crippen molar-refractivity contribution in [2.24, 2.45) is 0 Å². The standard InChI is InChI=1S/C110H77BN4O2/c1-109(2,3)76-57-74(58-77(64-76)110(4,5)6)73-44-50-89-95(61-73)114(107-79(67-28-12-8-13-29-67)48-54-101-103(107)85-36-18-22-42-99(85)116-101)97-62-75(72-46-53-94-88(60-72)84-39-25-38-83-81-34-16-21-41-92(81)113(94)106(83)84)63-98-105(97)111(89)90-51-47-78(65-96(90)115(98)108-80(68-30-14-9-15-31-68)49-55-102-104(108)86-37-19-23-43-100(86)117-102)112-91-40-20-17-35-82(91)87-59-71(45-52-93(87)112)70-33-24-32-69(56-70)66-26-10-7-11-27-66/h7-65H,1-6H3/i17D,20D,35D,40D,45D,52D,59D. The zero-order valence-corrected chi connectivity index (χ0v) is 65.2. The molecule has 5 aromatic heterocycles. The van der Waals surface area contributed by atoms with Gasteiger partial charge in [-0.05, 0) is 203 Å². The number of para-hydroxylation sites is 5. The minimum Gasteiger partial charge on any atom is -0.456 e. The van der Waals surface area contributed by atoms with Gasteiger partial charge in [-0.3, -0.25) is 0 Å². The van der Waals surface area contributed by atoms with Crippen LogP contribution in [0.25, 0.3) is 176 Å². The molecular formula is C110H77BN4O2. The van der Waals surface area contributed by atoms with E-state index in [0.717, 1.165) is 161 Å². The number of anilines is 6. The first-order chi connectivity index (χ1) is 60.2. The lowest BCUT2D eigenvalue weighted by Crippen LogP contribution is -2.61. The third-order valence-electron chi connectivity index (χ3n) is 24.9. The Hall–Kier alpha value is -14.4. The minimum absolute atomic E-state index is 0.0799. The van der Waals surface area contributed by atoms with Crippen molar-refractivity contribution in [1.82, 2.24) is 8.97 Å². The molecule has 0 aliphatic carbocycles. The Kier molecular flexibility index (Phi) is 12.9. The van der Waals surface area contributed by atoms with Crippen LogP contribution >= 0.6 is 0 Å². The highest BCUT2D eigenvalue weighted by Crippen LogP contribution is 2.56. The van der Waals surface area contributed by atoms with Gasteiger partial charge in [0.05, 0.1) is 59.3 Å². The molecule has 24 rings (SSSR count). The van der Waals surface area contributed by atoms with Crippen LogP contribution in [0.1, 0.15) is 62.3 Å². The van der Waals surface area contributed by atoms with Crippen LogP contribution in [0.15, 0.2) is 367 Å². The second kappa shape index (κ2) is 25.1. The number of aromatic nitrogens is 2. The molecule has 22 aromatic rings. The van der Waals surface area contributed by atoms with Crippen LogP contribution in [-0.4, -0.2) is 15.7 Å². The van der Waals surface area contributed by atoms with E-state index < -0.39 is 18.8 Å². The Balaban J connectivity index is 0.877. The number of furan rings is 2. The summed E-state index contributed by atoms with van der Waals surface area (Å²) in [5, 5.41) is 8.53. The molecule has 0 radical (unpaired) electrons. The van der Waals surface area contributed by atoms with E-state index in [4.69, 9.17) is 8.83 Å². The van der Waals surface area contributed by atoms with Gasteiger partial charge in [-0.2, -0.15) is 0 Å². The second-order valence-corrected chi connectivity index (χ2v) is 33.7. The fraction of sp³-hybridized carbons (Fsp3) is 0.0727. The van der Waals surface area contributed by atoms with E-state index in [9.17, 15) is 9.60 Å². The van der Waals surface area contributed by atoms with E-state index in [0.29, 0.717) is 22.4 Å². The maximum absolute atomic E-state index is 10.6. The largest absolute Gasteiger partial charge is 0.456 e. The smallest absolute Gasteiger partial charge is 0.252 e. The third kappa shape index (κ3) is 10.1. The number of rotatable bonds is 9. The maximum Gasteiger partial charge on any atom is 0.252 e. The molecule has 0 fully saturated rings. The highest BCUT2D eigenvalue weighted by Gasteiger charge is 2.46. The molecule has 0 bridgehead atoms. The fourth-order valence-electron chi connectivity index (χ4n) is 19.4. The van der Waals surface area contributed by atoms with Crippen molar-refractivity contribution in [3.05, 3.63) is 369 Å². The first-order valence-corrected chi connectivity index (χ1v) is 40.3. The minimum atomic E-state index is -0.556. The summed E-state index contributed by atoms with van der Waals surface area (Å²) >= 11 is 0. The molecule has 2 aliphatic heterocycles. The Bertz CT molecular complexity index is 8350. The van der Waals surface area contributed by atoms with Crippen LogP contribution in [0.3, 0.4) is 0 Å². The van der Waals surface area contributed by atoms with Crippen molar-refractivity contribution in [3.63, 3.8) is 0 Å². The molecule has 0 N–H and O–H groups in total. The predicted molar refractivity (Wildman–Crippen MR) is 494 cm³/mol. The van der Waals surface area contributed by atoms with Crippen molar-refractivity contribution in [2.45, 2.75) is 52.4 Å². The molecule has 17 aromatic carbocycles. The zero-order valence-electron chi connectivity index (χ0n) is 72.2. The van der Waals surface area contributed by atoms with Gasteiger partial charge in [0.2, 0.25) is 0 Å². The molecule has 7 heterocycles. The maximum atomic E-state index is 10.6. The lowest BCUT2D eigenvalue weighted by Gasteiger charge is -2.45. The molecule has 0 spiro atoms. The number of benzene rings is 17. The third-order valence-corrected chi connectivity index (χ3v) is 24.9. The first-order valence-electron chi connectivity index (χ1n) is 43.8. The molecule has 0 amide bonds. The number of hydrogen-bond donors (Lipinski definition) is 0. The van der Waals surface area contributed by atoms with Crippen LogP contribution in [0, 0.1) is 0 Å². The van der Waals surface area contributed by atoms with Crippen molar-refractivity contribution >= 4 is 161 Å². The Labute approximate surface area is 687 Å². The van der Waals surface area contributed by atoms with Gasteiger partial charge in [0.1, 0.15) is 22.3 Å². The van der Waals surface area contributed by atoms with Gasteiger partial charge in [-0.25, -0.2) is 0 Å². The highest BCUT2D eigenvalue weighted by atomic mass is 16.3. The normalized spacial score (nSPS) is 13.8. The molecule has 2 aliphatic rings. The summed E-state index contributed by atoms with van der Waals surface area (Å²) in [6, 6.07) is 110. The molecule has 6 nitrogen and oxygen atoms in total. The summed E-state index contributed by atoms with van der Waals surface area (Å²) in [6.07, 6.45) is 0. The monoisotopic (exact) mass is 1500 g/mol. The van der Waals surface area contributed by atoms with Gasteiger partial charge in [0, 0.05) is 82.7 Å². The SMILES string of the molecule is [2H]c1c([2H])c([2H])c2c(c1[2H])c1c([2H])c(-c3cccc(-c4ccccc4)c3)c([2H])c([2H])c1n2-c1ccc2c(c1)N(c1c(-c3ccccc3)ccc3oc4ccccc4c13)c1cc(-c3ccc4c(c3)c3cccc5c6ccccc6n4c53)cc3c1B2c1ccc(-c2cc(C(C)(C)C)cc(C(C)(C)C)c2)cc1N3c1c(-c2ccccc2)ccc2oc3ccccc3c12. The molecule has 117 heavy (non-hydrogen) atoms. The van der Waals surface area contributed by atoms with Crippen molar-refractivity contribution in [2.75, 3.05) is 9.80 Å². The van der Waals surface area contributed by atoms with Gasteiger partial charge in [0.25, 0.3) is 6.71 Å². The van der Waals surface area contributed by atoms with Gasteiger partial charge >= 0.3 is 0 Å². The van der Waals surface area contributed by atoms with Crippen molar-refractivity contribution < 1.29 is 18.4 Å². The molecule has 7 heteroatoms. The van der Waals surface area contributed by atoms with E-state index >= 15 is 0 Å². The van der Waals surface area contributed by atoms with Gasteiger partial charge in [0.15, 0.2) is 0 Å². The summed E-state index contributed by atoms with van der Waals surface area (Å²) in [6.45, 7) is 13.2. The van der Waals surface area contributed by atoms with Crippen molar-refractivity contribution in [1.29, 1.82) is 0 Å². The van der Waals surface area contributed by atoms with Gasteiger partial charge < -0.3 is 27.6 Å². The van der Waals surface area contributed by atoms with Crippen LogP contribution in [0.5, 0.6) is 0 Å². The number of hydrogen-bond acceptors (Lipinski definition) is 4. The lowest BCUT2D eigenvalue weighted by atomic mass is 9.33. The topological polar surface area (TPSA) is 42.1 Å². The van der Waals surface area contributed by atoms with Crippen LogP contribution in [0.2, 0.25) is 0 Å². The molecule has 0 atom stereocenters. The molecule has 0 unspecified atom stereocenters. The fourth-order valence-corrected chi connectivity index (χ4v) is 19.4. The molecule has 0 saturated heterocycles. The van der Waals surface area contributed by atoms with Gasteiger partial charge in [-0.1, -0.05) is 290 Å². The molecular weight excluding hydrogens is 1420 g/mol. The average Bonchev–Trinajstić information content (AvgIpc) is 1.23. The summed E-state index contributed by atoms with van der Waals surface area (Å²) in [5.74, 6) is 0.